The summed E-state index contributed by atoms with van der Waals surface area (Å²) in [5, 5.41) is 3.56. The van der Waals surface area contributed by atoms with E-state index in [-0.39, 0.29) is 11.9 Å². The molecule has 102 valence electrons. The molecular formula is C15H23BrFN. The van der Waals surface area contributed by atoms with Crippen molar-refractivity contribution < 1.29 is 4.39 Å². The second kappa shape index (κ2) is 7.90. The molecule has 0 saturated carbocycles. The van der Waals surface area contributed by atoms with Gasteiger partial charge in [0.15, 0.2) is 0 Å². The van der Waals surface area contributed by atoms with Gasteiger partial charge in [0.2, 0.25) is 0 Å². The van der Waals surface area contributed by atoms with Gasteiger partial charge >= 0.3 is 0 Å². The molecule has 0 spiro atoms. The number of halogens is 2. The van der Waals surface area contributed by atoms with Crippen molar-refractivity contribution in [2.45, 2.75) is 58.5 Å². The summed E-state index contributed by atoms with van der Waals surface area (Å²) in [6.07, 6.45) is 5.01. The molecule has 18 heavy (non-hydrogen) atoms. The molecule has 2 atom stereocenters. The lowest BCUT2D eigenvalue weighted by Gasteiger charge is -2.21. The van der Waals surface area contributed by atoms with Crippen LogP contribution in [0.3, 0.4) is 0 Å². The Bertz CT molecular complexity index is 368. The van der Waals surface area contributed by atoms with Gasteiger partial charge in [-0.15, -0.1) is 0 Å². The molecule has 3 heteroatoms. The van der Waals surface area contributed by atoms with Gasteiger partial charge in [-0.2, -0.15) is 0 Å². The Labute approximate surface area is 118 Å². The molecule has 0 bridgehead atoms. The van der Waals surface area contributed by atoms with Gasteiger partial charge in [0.05, 0.1) is 0 Å². The van der Waals surface area contributed by atoms with E-state index < -0.39 is 0 Å². The van der Waals surface area contributed by atoms with Crippen LogP contribution in [-0.4, -0.2) is 6.04 Å². The monoisotopic (exact) mass is 315 g/mol. The second-order valence-corrected chi connectivity index (χ2v) is 5.81. The minimum absolute atomic E-state index is 0.200. The van der Waals surface area contributed by atoms with Crippen molar-refractivity contribution >= 4 is 15.9 Å². The zero-order valence-corrected chi connectivity index (χ0v) is 13.1. The molecule has 0 aromatic heterocycles. The van der Waals surface area contributed by atoms with Gasteiger partial charge in [0.1, 0.15) is 5.82 Å². The lowest BCUT2D eigenvalue weighted by Crippen LogP contribution is -2.29. The number of hydrogen-bond acceptors (Lipinski definition) is 1. The molecule has 2 unspecified atom stereocenters. The van der Waals surface area contributed by atoms with Gasteiger partial charge in [-0.1, -0.05) is 48.2 Å². The van der Waals surface area contributed by atoms with E-state index in [1.807, 2.05) is 6.07 Å². The Morgan fingerprint density at radius 2 is 2.00 bits per heavy atom. The Morgan fingerprint density at radius 3 is 2.61 bits per heavy atom. The Kier molecular flexibility index (Phi) is 6.87. The average Bonchev–Trinajstić information content (AvgIpc) is 2.28. The Balaban J connectivity index is 2.51. The van der Waals surface area contributed by atoms with Gasteiger partial charge in [0.25, 0.3) is 0 Å². The van der Waals surface area contributed by atoms with E-state index >= 15 is 0 Å². The van der Waals surface area contributed by atoms with Gasteiger partial charge in [0, 0.05) is 16.6 Å². The van der Waals surface area contributed by atoms with Crippen molar-refractivity contribution in [2.75, 3.05) is 0 Å². The topological polar surface area (TPSA) is 12.0 Å². The van der Waals surface area contributed by atoms with Gasteiger partial charge in [-0.3, -0.25) is 0 Å². The lowest BCUT2D eigenvalue weighted by atomic mass is 10.1. The summed E-state index contributed by atoms with van der Waals surface area (Å²) >= 11 is 3.42. The zero-order chi connectivity index (χ0) is 13.5. The molecule has 1 aromatic rings. The molecule has 0 amide bonds. The van der Waals surface area contributed by atoms with Crippen LogP contribution in [0.15, 0.2) is 22.7 Å². The average molecular weight is 316 g/mol. The maximum atomic E-state index is 13.0. The maximum Gasteiger partial charge on any atom is 0.124 e. The van der Waals surface area contributed by atoms with Crippen LogP contribution in [0.4, 0.5) is 4.39 Å². The summed E-state index contributed by atoms with van der Waals surface area (Å²) in [7, 11) is 0. The number of unbranched alkanes of at least 4 members (excludes halogenated alkanes) is 2. The summed E-state index contributed by atoms with van der Waals surface area (Å²) in [4.78, 5) is 0. The van der Waals surface area contributed by atoms with Crippen LogP contribution in [-0.2, 0) is 0 Å². The molecule has 0 aliphatic heterocycles. The SMILES string of the molecule is CCCCCC(C)NC(C)c1ccc(F)cc1Br. The van der Waals surface area contributed by atoms with E-state index in [4.69, 9.17) is 0 Å². The predicted molar refractivity (Wildman–Crippen MR) is 79.3 cm³/mol. The largest absolute Gasteiger partial charge is 0.308 e. The zero-order valence-electron chi connectivity index (χ0n) is 11.5. The summed E-state index contributed by atoms with van der Waals surface area (Å²) in [5.41, 5.74) is 1.11. The number of rotatable bonds is 7. The van der Waals surface area contributed by atoms with E-state index in [1.165, 1.54) is 37.8 Å². The van der Waals surface area contributed by atoms with E-state index in [2.05, 4.69) is 42.0 Å². The van der Waals surface area contributed by atoms with Gasteiger partial charge in [-0.05, 0) is 38.0 Å². The first kappa shape index (κ1) is 15.6. The van der Waals surface area contributed by atoms with Crippen LogP contribution < -0.4 is 5.32 Å². The number of hydrogen-bond donors (Lipinski definition) is 1. The van der Waals surface area contributed by atoms with E-state index in [0.717, 1.165) is 10.0 Å². The molecule has 0 saturated heterocycles. The van der Waals surface area contributed by atoms with Gasteiger partial charge < -0.3 is 5.32 Å². The summed E-state index contributed by atoms with van der Waals surface area (Å²) in [6.45, 7) is 6.55. The summed E-state index contributed by atoms with van der Waals surface area (Å²) in [6, 6.07) is 5.60. The smallest absolute Gasteiger partial charge is 0.124 e. The summed E-state index contributed by atoms with van der Waals surface area (Å²) in [5.74, 6) is -0.200. The van der Waals surface area contributed by atoms with Crippen molar-refractivity contribution in [1.82, 2.24) is 5.32 Å². The first-order valence-electron chi connectivity index (χ1n) is 6.75. The van der Waals surface area contributed by atoms with Crippen molar-refractivity contribution in [1.29, 1.82) is 0 Å². The Hall–Kier alpha value is -0.410. The van der Waals surface area contributed by atoms with E-state index in [9.17, 15) is 4.39 Å². The normalized spacial score (nSPS) is 14.5. The van der Waals surface area contributed by atoms with Crippen molar-refractivity contribution in [3.8, 4) is 0 Å². The molecule has 1 nitrogen and oxygen atoms in total. The predicted octanol–water partition coefficient (Wildman–Crippen LogP) is 5.21. The first-order chi connectivity index (χ1) is 8.54. The van der Waals surface area contributed by atoms with Crippen molar-refractivity contribution in [2.24, 2.45) is 0 Å². The lowest BCUT2D eigenvalue weighted by molar-refractivity contribution is 0.439. The van der Waals surface area contributed by atoms with E-state index in [0.29, 0.717) is 6.04 Å². The van der Waals surface area contributed by atoms with Crippen molar-refractivity contribution in [3.63, 3.8) is 0 Å². The number of nitrogens with one attached hydrogen (secondary N) is 1. The molecule has 0 aliphatic rings. The molecule has 0 fully saturated rings. The molecule has 1 aromatic carbocycles. The molecule has 0 aliphatic carbocycles. The third-order valence-corrected chi connectivity index (χ3v) is 3.89. The standard InChI is InChI=1S/C15H23BrFN/c1-4-5-6-7-11(2)18-12(3)14-9-8-13(17)10-15(14)16/h8-12,18H,4-7H2,1-3H3. The maximum absolute atomic E-state index is 13.0. The van der Waals surface area contributed by atoms with Crippen LogP contribution in [0.5, 0.6) is 0 Å². The molecule has 0 radical (unpaired) electrons. The van der Waals surface area contributed by atoms with Crippen LogP contribution >= 0.6 is 15.9 Å². The second-order valence-electron chi connectivity index (χ2n) is 4.95. The molecule has 1 rings (SSSR count). The summed E-state index contributed by atoms with van der Waals surface area (Å²) < 4.78 is 13.9. The van der Waals surface area contributed by atoms with Crippen molar-refractivity contribution in [3.05, 3.63) is 34.1 Å². The fourth-order valence-electron chi connectivity index (χ4n) is 2.15. The van der Waals surface area contributed by atoms with Gasteiger partial charge in [-0.25, -0.2) is 4.39 Å². The highest BCUT2D eigenvalue weighted by molar-refractivity contribution is 9.10. The minimum Gasteiger partial charge on any atom is -0.308 e. The van der Waals surface area contributed by atoms with Crippen LogP contribution in [0.25, 0.3) is 0 Å². The van der Waals surface area contributed by atoms with E-state index in [1.54, 1.807) is 0 Å². The highest BCUT2D eigenvalue weighted by Crippen LogP contribution is 2.24. The third kappa shape index (κ3) is 5.07. The molecule has 1 N–H and O–H groups in total. The molecular weight excluding hydrogens is 293 g/mol. The Morgan fingerprint density at radius 1 is 1.28 bits per heavy atom. The molecule has 0 heterocycles. The van der Waals surface area contributed by atoms with Crippen LogP contribution in [0, 0.1) is 5.82 Å². The number of benzene rings is 1. The third-order valence-electron chi connectivity index (χ3n) is 3.20. The van der Waals surface area contributed by atoms with Crippen LogP contribution in [0.1, 0.15) is 58.1 Å². The highest BCUT2D eigenvalue weighted by atomic mass is 79.9. The first-order valence-corrected chi connectivity index (χ1v) is 7.55. The quantitative estimate of drug-likeness (QED) is 0.681. The fraction of sp³-hybridized carbons (Fsp3) is 0.600. The fourth-order valence-corrected chi connectivity index (χ4v) is 2.85. The highest BCUT2D eigenvalue weighted by Gasteiger charge is 2.12. The van der Waals surface area contributed by atoms with Crippen LogP contribution in [0.2, 0.25) is 0 Å². The minimum atomic E-state index is -0.200.